The van der Waals surface area contributed by atoms with Crippen LogP contribution in [0.2, 0.25) is 0 Å². The molecule has 1 saturated heterocycles. The molecule has 0 bridgehead atoms. The van der Waals surface area contributed by atoms with Gasteiger partial charge in [0.2, 0.25) is 0 Å². The van der Waals surface area contributed by atoms with Crippen LogP contribution in [0.1, 0.15) is 26.2 Å². The fourth-order valence-corrected chi connectivity index (χ4v) is 1.89. The van der Waals surface area contributed by atoms with Gasteiger partial charge in [-0.2, -0.15) is 5.10 Å². The molecule has 1 N–H and O–H groups in total. The Morgan fingerprint density at radius 1 is 1.53 bits per heavy atom. The number of ether oxygens (including phenoxy) is 1. The zero-order chi connectivity index (χ0) is 10.5. The molecule has 0 spiro atoms. The Labute approximate surface area is 90.6 Å². The van der Waals surface area contributed by atoms with Crippen LogP contribution < -0.4 is 5.32 Å². The second-order valence-electron chi connectivity index (χ2n) is 3.97. The van der Waals surface area contributed by atoms with Gasteiger partial charge in [0, 0.05) is 32.0 Å². The Hall–Kier alpha value is -1.03. The number of anilines is 1. The lowest BCUT2D eigenvalue weighted by Crippen LogP contribution is -2.19. The minimum Gasteiger partial charge on any atom is -0.381 e. The van der Waals surface area contributed by atoms with Gasteiger partial charge in [-0.05, 0) is 26.2 Å². The highest BCUT2D eigenvalue weighted by atomic mass is 16.5. The number of hydrogen-bond donors (Lipinski definition) is 1. The monoisotopic (exact) mass is 209 g/mol. The van der Waals surface area contributed by atoms with Gasteiger partial charge >= 0.3 is 0 Å². The largest absolute Gasteiger partial charge is 0.381 e. The number of rotatable bonds is 3. The highest BCUT2D eigenvalue weighted by Gasteiger charge is 2.12. The minimum absolute atomic E-state index is 0.544. The first-order valence-electron chi connectivity index (χ1n) is 5.75. The fourth-order valence-electron chi connectivity index (χ4n) is 1.89. The molecule has 0 saturated carbocycles. The maximum absolute atomic E-state index is 5.43. The fraction of sp³-hybridized carbons (Fsp3) is 0.727. The highest BCUT2D eigenvalue weighted by molar-refractivity contribution is 5.39. The summed E-state index contributed by atoms with van der Waals surface area (Å²) in [6.07, 6.45) is 7.40. The maximum atomic E-state index is 5.43. The van der Waals surface area contributed by atoms with E-state index in [0.717, 1.165) is 38.3 Å². The van der Waals surface area contributed by atoms with Crippen LogP contribution in [0, 0.1) is 0 Å². The van der Waals surface area contributed by atoms with Crippen molar-refractivity contribution in [3.63, 3.8) is 0 Å². The van der Waals surface area contributed by atoms with Gasteiger partial charge in [0.1, 0.15) is 0 Å². The van der Waals surface area contributed by atoms with Crippen molar-refractivity contribution in [3.05, 3.63) is 12.4 Å². The number of aryl methyl sites for hydroxylation is 1. The van der Waals surface area contributed by atoms with Crippen molar-refractivity contribution in [1.29, 1.82) is 0 Å². The van der Waals surface area contributed by atoms with Crippen molar-refractivity contribution in [2.75, 3.05) is 18.5 Å². The van der Waals surface area contributed by atoms with E-state index in [1.165, 1.54) is 6.42 Å². The van der Waals surface area contributed by atoms with Gasteiger partial charge in [0.15, 0.2) is 0 Å². The van der Waals surface area contributed by atoms with Crippen LogP contribution in [-0.2, 0) is 11.3 Å². The number of aromatic nitrogens is 2. The third-order valence-corrected chi connectivity index (χ3v) is 2.78. The molecule has 4 heteroatoms. The maximum Gasteiger partial charge on any atom is 0.0728 e. The average molecular weight is 209 g/mol. The van der Waals surface area contributed by atoms with Gasteiger partial charge in [-0.1, -0.05) is 0 Å². The summed E-state index contributed by atoms with van der Waals surface area (Å²) in [5.74, 6) is 0. The Morgan fingerprint density at radius 2 is 2.47 bits per heavy atom. The molecule has 1 aliphatic heterocycles. The number of nitrogens with one attached hydrogen (secondary N) is 1. The van der Waals surface area contributed by atoms with E-state index >= 15 is 0 Å². The molecule has 1 unspecified atom stereocenters. The van der Waals surface area contributed by atoms with Gasteiger partial charge in [0.05, 0.1) is 11.9 Å². The van der Waals surface area contributed by atoms with Gasteiger partial charge in [-0.15, -0.1) is 0 Å². The SMILES string of the molecule is CCn1cc(NC2CCCOCC2)cn1. The number of nitrogens with zero attached hydrogens (tertiary/aromatic N) is 2. The van der Waals surface area contributed by atoms with Crippen LogP contribution in [0.4, 0.5) is 5.69 Å². The molecule has 1 atom stereocenters. The van der Waals surface area contributed by atoms with Gasteiger partial charge in [-0.25, -0.2) is 0 Å². The first kappa shape index (κ1) is 10.5. The zero-order valence-corrected chi connectivity index (χ0v) is 9.28. The standard InChI is InChI=1S/C11H19N3O/c1-2-14-9-11(8-12-14)13-10-4-3-6-15-7-5-10/h8-10,13H,2-7H2,1H3. The first-order valence-corrected chi connectivity index (χ1v) is 5.75. The lowest BCUT2D eigenvalue weighted by molar-refractivity contribution is 0.144. The predicted octanol–water partition coefficient (Wildman–Crippen LogP) is 1.88. The molecule has 1 aromatic rings. The molecule has 84 valence electrons. The minimum atomic E-state index is 0.544. The van der Waals surface area contributed by atoms with Gasteiger partial charge < -0.3 is 10.1 Å². The molecular formula is C11H19N3O. The van der Waals surface area contributed by atoms with Crippen molar-refractivity contribution < 1.29 is 4.74 Å². The molecular weight excluding hydrogens is 190 g/mol. The molecule has 4 nitrogen and oxygen atoms in total. The summed E-state index contributed by atoms with van der Waals surface area (Å²) < 4.78 is 7.37. The van der Waals surface area contributed by atoms with Crippen LogP contribution in [0.15, 0.2) is 12.4 Å². The summed E-state index contributed by atoms with van der Waals surface area (Å²) in [6, 6.07) is 0.544. The Bertz CT molecular complexity index is 290. The second-order valence-corrected chi connectivity index (χ2v) is 3.97. The van der Waals surface area contributed by atoms with E-state index in [4.69, 9.17) is 4.74 Å². The Morgan fingerprint density at radius 3 is 3.27 bits per heavy atom. The van der Waals surface area contributed by atoms with Crippen LogP contribution in [0.25, 0.3) is 0 Å². The van der Waals surface area contributed by atoms with E-state index < -0.39 is 0 Å². The van der Waals surface area contributed by atoms with E-state index in [0.29, 0.717) is 6.04 Å². The third-order valence-electron chi connectivity index (χ3n) is 2.78. The topological polar surface area (TPSA) is 39.1 Å². The van der Waals surface area contributed by atoms with E-state index in [2.05, 4.69) is 23.5 Å². The van der Waals surface area contributed by atoms with E-state index in [9.17, 15) is 0 Å². The molecule has 0 radical (unpaired) electrons. The Balaban J connectivity index is 1.89. The summed E-state index contributed by atoms with van der Waals surface area (Å²) in [4.78, 5) is 0. The first-order chi connectivity index (χ1) is 7.38. The van der Waals surface area contributed by atoms with Crippen LogP contribution in [0.5, 0.6) is 0 Å². The molecule has 2 heterocycles. The molecule has 1 aromatic heterocycles. The van der Waals surface area contributed by atoms with Crippen LogP contribution >= 0.6 is 0 Å². The molecule has 1 fully saturated rings. The molecule has 2 rings (SSSR count). The van der Waals surface area contributed by atoms with E-state index in [-0.39, 0.29) is 0 Å². The molecule has 0 aliphatic carbocycles. The van der Waals surface area contributed by atoms with E-state index in [1.807, 2.05) is 10.9 Å². The number of hydrogen-bond acceptors (Lipinski definition) is 3. The summed E-state index contributed by atoms with van der Waals surface area (Å²) in [6.45, 7) is 4.80. The summed E-state index contributed by atoms with van der Waals surface area (Å²) in [5.41, 5.74) is 1.13. The summed E-state index contributed by atoms with van der Waals surface area (Å²) >= 11 is 0. The molecule has 1 aliphatic rings. The van der Waals surface area contributed by atoms with E-state index in [1.54, 1.807) is 0 Å². The molecule has 0 aromatic carbocycles. The van der Waals surface area contributed by atoms with Crippen LogP contribution in [-0.4, -0.2) is 29.0 Å². The van der Waals surface area contributed by atoms with Crippen LogP contribution in [0.3, 0.4) is 0 Å². The molecule has 0 amide bonds. The summed E-state index contributed by atoms with van der Waals surface area (Å²) in [5, 5.41) is 7.76. The smallest absolute Gasteiger partial charge is 0.0728 e. The van der Waals surface area contributed by atoms with Gasteiger partial charge in [0.25, 0.3) is 0 Å². The normalized spacial score (nSPS) is 22.3. The zero-order valence-electron chi connectivity index (χ0n) is 9.28. The Kier molecular flexibility index (Phi) is 3.61. The van der Waals surface area contributed by atoms with Gasteiger partial charge in [-0.3, -0.25) is 4.68 Å². The van der Waals surface area contributed by atoms with Crippen molar-refractivity contribution in [2.45, 2.75) is 38.8 Å². The van der Waals surface area contributed by atoms with Crippen molar-refractivity contribution in [1.82, 2.24) is 9.78 Å². The second kappa shape index (κ2) is 5.16. The van der Waals surface area contributed by atoms with Crippen molar-refractivity contribution in [3.8, 4) is 0 Å². The third kappa shape index (κ3) is 2.96. The lowest BCUT2D eigenvalue weighted by atomic mass is 10.1. The van der Waals surface area contributed by atoms with Crippen molar-refractivity contribution in [2.24, 2.45) is 0 Å². The quantitative estimate of drug-likeness (QED) is 0.826. The predicted molar refractivity (Wildman–Crippen MR) is 60.0 cm³/mol. The average Bonchev–Trinajstić information content (AvgIpc) is 2.54. The summed E-state index contributed by atoms with van der Waals surface area (Å²) in [7, 11) is 0. The molecule has 15 heavy (non-hydrogen) atoms. The highest BCUT2D eigenvalue weighted by Crippen LogP contribution is 2.14. The van der Waals surface area contributed by atoms with Crippen molar-refractivity contribution >= 4 is 5.69 Å². The lowest BCUT2D eigenvalue weighted by Gasteiger charge is -2.14.